The molecule has 9 heteroatoms. The van der Waals surface area contributed by atoms with Gasteiger partial charge in [-0.1, -0.05) is 30.3 Å². The summed E-state index contributed by atoms with van der Waals surface area (Å²) in [5.74, 6) is -2.56. The van der Waals surface area contributed by atoms with Gasteiger partial charge in [0, 0.05) is 32.0 Å². The van der Waals surface area contributed by atoms with E-state index in [1.807, 2.05) is 19.0 Å². The monoisotopic (exact) mass is 507 g/mol. The van der Waals surface area contributed by atoms with Gasteiger partial charge >= 0.3 is 6.18 Å². The number of aryl methyl sites for hydroxylation is 1. The van der Waals surface area contributed by atoms with E-state index in [9.17, 15) is 27.2 Å². The summed E-state index contributed by atoms with van der Waals surface area (Å²) >= 11 is 0. The molecule has 2 atom stereocenters. The predicted octanol–water partition coefficient (Wildman–Crippen LogP) is 4.60. The molecule has 1 aliphatic rings. The topological polar surface area (TPSA) is 61.4 Å². The van der Waals surface area contributed by atoms with Gasteiger partial charge in [-0.15, -0.1) is 0 Å². The third kappa shape index (κ3) is 6.06. The van der Waals surface area contributed by atoms with Gasteiger partial charge in [-0.3, -0.25) is 9.59 Å². The van der Waals surface area contributed by atoms with Gasteiger partial charge in [0.1, 0.15) is 5.82 Å². The number of rotatable bonds is 10. The Morgan fingerprint density at radius 2 is 1.75 bits per heavy atom. The van der Waals surface area contributed by atoms with E-state index in [4.69, 9.17) is 0 Å². The summed E-state index contributed by atoms with van der Waals surface area (Å²) in [6.45, 7) is 1.97. The summed E-state index contributed by atoms with van der Waals surface area (Å²) in [6, 6.07) is 11.0. The van der Waals surface area contributed by atoms with Crippen molar-refractivity contribution >= 4 is 11.8 Å². The maximum absolute atomic E-state index is 14.5. The molecule has 2 aromatic carbocycles. The van der Waals surface area contributed by atoms with Crippen LogP contribution in [0.1, 0.15) is 52.2 Å². The third-order valence-electron chi connectivity index (χ3n) is 7.23. The zero-order valence-electron chi connectivity index (χ0n) is 21.0. The lowest BCUT2D eigenvalue weighted by Gasteiger charge is -2.30. The number of hydrogen-bond acceptors (Lipinski definition) is 3. The van der Waals surface area contributed by atoms with E-state index in [0.717, 1.165) is 5.56 Å². The van der Waals surface area contributed by atoms with Crippen LogP contribution in [-0.4, -0.2) is 56.6 Å². The molecule has 196 valence electrons. The van der Waals surface area contributed by atoms with E-state index >= 15 is 0 Å². The number of nitrogens with zero attached hydrogens (tertiary/aromatic N) is 1. The first-order valence-corrected chi connectivity index (χ1v) is 12.0. The first-order valence-electron chi connectivity index (χ1n) is 12.0. The highest BCUT2D eigenvalue weighted by molar-refractivity contribution is 5.94. The molecule has 0 saturated heterocycles. The lowest BCUT2D eigenvalue weighted by Crippen LogP contribution is -2.43. The van der Waals surface area contributed by atoms with E-state index in [1.165, 1.54) is 19.2 Å². The highest BCUT2D eigenvalue weighted by Gasteiger charge is 2.67. The largest absolute Gasteiger partial charge is 0.395 e. The number of likely N-dealkylation sites (N-methyl/N-ethyl adjacent to an activating group) is 1. The van der Waals surface area contributed by atoms with Crippen LogP contribution in [0, 0.1) is 18.2 Å². The van der Waals surface area contributed by atoms with Gasteiger partial charge in [0.05, 0.1) is 11.0 Å². The quantitative estimate of drug-likeness (QED) is 0.462. The Labute approximate surface area is 209 Å². The van der Waals surface area contributed by atoms with Crippen molar-refractivity contribution in [3.8, 4) is 0 Å². The lowest BCUT2D eigenvalue weighted by molar-refractivity contribution is -0.194. The van der Waals surface area contributed by atoms with Crippen LogP contribution in [0.3, 0.4) is 0 Å². The molecule has 0 heterocycles. The van der Waals surface area contributed by atoms with E-state index in [-0.39, 0.29) is 37.4 Å². The van der Waals surface area contributed by atoms with Gasteiger partial charge in [-0.05, 0) is 69.1 Å². The van der Waals surface area contributed by atoms with Gasteiger partial charge in [0.15, 0.2) is 0 Å². The van der Waals surface area contributed by atoms with Gasteiger partial charge in [0.2, 0.25) is 5.91 Å². The zero-order valence-corrected chi connectivity index (χ0v) is 21.0. The highest BCUT2D eigenvalue weighted by atomic mass is 19.4. The third-order valence-corrected chi connectivity index (χ3v) is 7.23. The molecule has 5 nitrogen and oxygen atoms in total. The molecule has 36 heavy (non-hydrogen) atoms. The maximum Gasteiger partial charge on any atom is 0.395 e. The van der Waals surface area contributed by atoms with Crippen LogP contribution in [0.15, 0.2) is 42.5 Å². The van der Waals surface area contributed by atoms with Crippen LogP contribution in [0.5, 0.6) is 0 Å². The fourth-order valence-electron chi connectivity index (χ4n) is 4.71. The minimum absolute atomic E-state index is 0.0144. The summed E-state index contributed by atoms with van der Waals surface area (Å²) in [6.07, 6.45) is -4.24. The Kier molecular flexibility index (Phi) is 8.44. The second kappa shape index (κ2) is 11.0. The SMILES string of the molecule is CNC(=O)c1cc(C)c(C[C@@H](CNC(=O)C[C@@H](c2ccccc2)C2(C(F)(F)F)CC2)N(C)C)cc1F. The van der Waals surface area contributed by atoms with Gasteiger partial charge < -0.3 is 15.5 Å². The van der Waals surface area contributed by atoms with Crippen LogP contribution in [0.25, 0.3) is 0 Å². The van der Waals surface area contributed by atoms with Crippen molar-refractivity contribution in [1.29, 1.82) is 0 Å². The Hall–Kier alpha value is -2.94. The highest BCUT2D eigenvalue weighted by Crippen LogP contribution is 2.66. The minimum atomic E-state index is -4.39. The molecule has 2 aromatic rings. The van der Waals surface area contributed by atoms with Crippen LogP contribution < -0.4 is 10.6 Å². The Balaban J connectivity index is 1.71. The average molecular weight is 508 g/mol. The van der Waals surface area contributed by atoms with Crippen LogP contribution >= 0.6 is 0 Å². The second-order valence-electron chi connectivity index (χ2n) is 9.78. The van der Waals surface area contributed by atoms with Crippen molar-refractivity contribution in [3.05, 3.63) is 70.5 Å². The summed E-state index contributed by atoms with van der Waals surface area (Å²) in [7, 11) is 5.06. The molecule has 1 aliphatic carbocycles. The molecule has 1 fully saturated rings. The van der Waals surface area contributed by atoms with Gasteiger partial charge in [-0.2, -0.15) is 13.2 Å². The maximum atomic E-state index is 14.5. The molecule has 0 unspecified atom stereocenters. The van der Waals surface area contributed by atoms with Crippen molar-refractivity contribution in [2.75, 3.05) is 27.7 Å². The van der Waals surface area contributed by atoms with Gasteiger partial charge in [0.25, 0.3) is 5.91 Å². The Bertz CT molecular complexity index is 1080. The summed E-state index contributed by atoms with van der Waals surface area (Å²) < 4.78 is 56.3. The number of hydrogen-bond donors (Lipinski definition) is 2. The fourth-order valence-corrected chi connectivity index (χ4v) is 4.71. The standard InChI is InChI=1S/C27H33F4N3O2/c1-17-12-21(25(36)32-2)23(28)14-19(17)13-20(34(3)4)16-33-24(35)15-22(18-8-6-5-7-9-18)26(10-11-26)27(29,30)31/h5-9,12,14,20,22H,10-11,13,15-16H2,1-4H3,(H,32,36)(H,33,35)/t20-,22-/m0/s1. The van der Waals surface area contributed by atoms with E-state index in [2.05, 4.69) is 10.6 Å². The zero-order chi connectivity index (χ0) is 26.7. The number of halogens is 4. The first kappa shape index (κ1) is 27.6. The molecule has 2 amide bonds. The molecular formula is C27H33F4N3O2. The Morgan fingerprint density at radius 3 is 2.28 bits per heavy atom. The normalized spacial score (nSPS) is 16.4. The van der Waals surface area contributed by atoms with Crippen LogP contribution in [0.4, 0.5) is 17.6 Å². The molecule has 0 radical (unpaired) electrons. The molecule has 2 N–H and O–H groups in total. The van der Waals surface area contributed by atoms with Crippen molar-refractivity contribution in [2.24, 2.45) is 5.41 Å². The molecular weight excluding hydrogens is 474 g/mol. The number of alkyl halides is 3. The summed E-state index contributed by atoms with van der Waals surface area (Å²) in [4.78, 5) is 26.6. The van der Waals surface area contributed by atoms with Crippen molar-refractivity contribution < 1.29 is 27.2 Å². The number of amides is 2. The first-order chi connectivity index (χ1) is 16.9. The van der Waals surface area contributed by atoms with Gasteiger partial charge in [-0.25, -0.2) is 4.39 Å². The van der Waals surface area contributed by atoms with Crippen LogP contribution in [0.2, 0.25) is 0 Å². The lowest BCUT2D eigenvalue weighted by atomic mass is 9.80. The summed E-state index contributed by atoms with van der Waals surface area (Å²) in [5, 5.41) is 5.21. The van der Waals surface area contributed by atoms with Crippen molar-refractivity contribution in [3.63, 3.8) is 0 Å². The van der Waals surface area contributed by atoms with Crippen molar-refractivity contribution in [1.82, 2.24) is 15.5 Å². The molecule has 0 aromatic heterocycles. The molecule has 0 bridgehead atoms. The predicted molar refractivity (Wildman–Crippen MR) is 130 cm³/mol. The minimum Gasteiger partial charge on any atom is -0.355 e. The number of carbonyl (C=O) groups excluding carboxylic acids is 2. The molecule has 3 rings (SSSR count). The average Bonchev–Trinajstić information content (AvgIpc) is 3.64. The van der Waals surface area contributed by atoms with E-state index in [1.54, 1.807) is 37.3 Å². The number of nitrogens with one attached hydrogen (secondary N) is 2. The van der Waals surface area contributed by atoms with Crippen molar-refractivity contribution in [2.45, 2.75) is 50.7 Å². The number of carbonyl (C=O) groups is 2. The van der Waals surface area contributed by atoms with E-state index in [0.29, 0.717) is 17.5 Å². The smallest absolute Gasteiger partial charge is 0.355 e. The Morgan fingerprint density at radius 1 is 1.11 bits per heavy atom. The van der Waals surface area contributed by atoms with Crippen LogP contribution in [-0.2, 0) is 11.2 Å². The van der Waals surface area contributed by atoms with E-state index < -0.39 is 35.1 Å². The second-order valence-corrected chi connectivity index (χ2v) is 9.78. The number of benzene rings is 2. The fraction of sp³-hybridized carbons (Fsp3) is 0.481. The molecule has 1 saturated carbocycles. The summed E-state index contributed by atoms with van der Waals surface area (Å²) in [5.41, 5.74) is 0.0174. The molecule has 0 spiro atoms. The molecule has 0 aliphatic heterocycles.